The van der Waals surface area contributed by atoms with Gasteiger partial charge in [-0.25, -0.2) is 8.78 Å². The van der Waals surface area contributed by atoms with Crippen molar-refractivity contribution in [1.29, 1.82) is 5.26 Å². The molecule has 68 valence electrons. The summed E-state index contributed by atoms with van der Waals surface area (Å²) in [5, 5.41) is 8.50. The number of halogens is 2. The smallest absolute Gasteiger partial charge is 0.265 e. The first kappa shape index (κ1) is 9.26. The van der Waals surface area contributed by atoms with Crippen molar-refractivity contribution in [2.24, 2.45) is 0 Å². The standard InChI is InChI=1S/C8H7F2N3/c9-8(10)5-2-6(12)4(3-11)1-7(5)13/h1-2,8H,12-13H2. The van der Waals surface area contributed by atoms with E-state index in [4.69, 9.17) is 16.7 Å². The van der Waals surface area contributed by atoms with Crippen molar-refractivity contribution in [2.75, 3.05) is 11.5 Å². The van der Waals surface area contributed by atoms with Crippen molar-refractivity contribution in [3.8, 4) is 6.07 Å². The minimum absolute atomic E-state index is 0.0204. The summed E-state index contributed by atoms with van der Waals surface area (Å²) in [6, 6.07) is 3.93. The van der Waals surface area contributed by atoms with E-state index >= 15 is 0 Å². The molecule has 1 rings (SSSR count). The van der Waals surface area contributed by atoms with Crippen LogP contribution in [0.2, 0.25) is 0 Å². The summed E-state index contributed by atoms with van der Waals surface area (Å²) in [4.78, 5) is 0. The Kier molecular flexibility index (Phi) is 2.33. The number of nitrogen functional groups attached to an aromatic ring is 2. The van der Waals surface area contributed by atoms with Crippen molar-refractivity contribution in [1.82, 2.24) is 0 Å². The van der Waals surface area contributed by atoms with E-state index < -0.39 is 6.43 Å². The number of alkyl halides is 2. The van der Waals surface area contributed by atoms with Gasteiger partial charge in [0.2, 0.25) is 0 Å². The molecule has 0 saturated heterocycles. The molecule has 0 atom stereocenters. The van der Waals surface area contributed by atoms with E-state index in [9.17, 15) is 8.78 Å². The third kappa shape index (κ3) is 1.67. The van der Waals surface area contributed by atoms with Crippen LogP contribution in [-0.4, -0.2) is 0 Å². The van der Waals surface area contributed by atoms with Crippen LogP contribution in [0.25, 0.3) is 0 Å². The molecule has 0 amide bonds. The topological polar surface area (TPSA) is 75.8 Å². The Bertz CT molecular complexity index is 368. The molecule has 3 nitrogen and oxygen atoms in total. The van der Waals surface area contributed by atoms with Gasteiger partial charge in [-0.05, 0) is 12.1 Å². The highest BCUT2D eigenvalue weighted by Gasteiger charge is 2.13. The van der Waals surface area contributed by atoms with E-state index in [-0.39, 0.29) is 22.5 Å². The summed E-state index contributed by atoms with van der Waals surface area (Å²) in [7, 11) is 0. The van der Waals surface area contributed by atoms with Gasteiger partial charge in [0.1, 0.15) is 6.07 Å². The fourth-order valence-electron chi connectivity index (χ4n) is 0.937. The predicted octanol–water partition coefficient (Wildman–Crippen LogP) is 1.66. The number of nitrogens with zero attached hydrogens (tertiary/aromatic N) is 1. The lowest BCUT2D eigenvalue weighted by Gasteiger charge is -2.06. The lowest BCUT2D eigenvalue weighted by molar-refractivity contribution is 0.152. The molecule has 1 aromatic rings. The van der Waals surface area contributed by atoms with Gasteiger partial charge in [0.15, 0.2) is 0 Å². The predicted molar refractivity (Wildman–Crippen MR) is 44.9 cm³/mol. The third-order valence-corrected chi connectivity index (χ3v) is 1.61. The highest BCUT2D eigenvalue weighted by molar-refractivity contribution is 5.64. The number of hydrogen-bond acceptors (Lipinski definition) is 3. The highest BCUT2D eigenvalue weighted by Crippen LogP contribution is 2.28. The molecule has 1 aromatic carbocycles. The number of anilines is 2. The maximum atomic E-state index is 12.2. The van der Waals surface area contributed by atoms with Crippen molar-refractivity contribution < 1.29 is 8.78 Å². The summed E-state index contributed by atoms with van der Waals surface area (Å²) in [6.07, 6.45) is -2.67. The van der Waals surface area contributed by atoms with Gasteiger partial charge in [0, 0.05) is 11.3 Å². The zero-order valence-corrected chi connectivity index (χ0v) is 6.59. The lowest BCUT2D eigenvalue weighted by atomic mass is 10.1. The Balaban J connectivity index is 3.31. The molecule has 0 aromatic heterocycles. The fraction of sp³-hybridized carbons (Fsp3) is 0.125. The first-order valence-corrected chi connectivity index (χ1v) is 3.43. The van der Waals surface area contributed by atoms with Gasteiger partial charge in [0.25, 0.3) is 6.43 Å². The van der Waals surface area contributed by atoms with E-state index in [1.165, 1.54) is 0 Å². The van der Waals surface area contributed by atoms with Crippen LogP contribution in [0.1, 0.15) is 17.6 Å². The van der Waals surface area contributed by atoms with E-state index in [1.54, 1.807) is 6.07 Å². The Hall–Kier alpha value is -1.83. The summed E-state index contributed by atoms with van der Waals surface area (Å²) in [5.41, 5.74) is 10.3. The Labute approximate surface area is 73.6 Å². The molecule has 0 aliphatic rings. The number of hydrogen-bond donors (Lipinski definition) is 2. The molecule has 0 unspecified atom stereocenters. The molecule has 0 radical (unpaired) electrons. The SMILES string of the molecule is N#Cc1cc(N)c(C(F)F)cc1N. The van der Waals surface area contributed by atoms with Gasteiger partial charge in [-0.2, -0.15) is 5.26 Å². The van der Waals surface area contributed by atoms with Crippen molar-refractivity contribution >= 4 is 11.4 Å². The number of nitriles is 1. The number of benzene rings is 1. The molecule has 0 saturated carbocycles. The second kappa shape index (κ2) is 3.27. The van der Waals surface area contributed by atoms with Crippen LogP contribution >= 0.6 is 0 Å². The lowest BCUT2D eigenvalue weighted by Crippen LogP contribution is -1.99. The summed E-state index contributed by atoms with van der Waals surface area (Å²) >= 11 is 0. The molecule has 13 heavy (non-hydrogen) atoms. The second-order valence-electron chi connectivity index (χ2n) is 2.48. The second-order valence-corrected chi connectivity index (χ2v) is 2.48. The van der Waals surface area contributed by atoms with Crippen LogP contribution in [0.5, 0.6) is 0 Å². The van der Waals surface area contributed by atoms with Gasteiger partial charge in [0.05, 0.1) is 11.3 Å². The Morgan fingerprint density at radius 2 is 1.85 bits per heavy atom. The molecular weight excluding hydrogens is 176 g/mol. The monoisotopic (exact) mass is 183 g/mol. The zero-order valence-electron chi connectivity index (χ0n) is 6.59. The molecule has 5 heteroatoms. The van der Waals surface area contributed by atoms with Crippen LogP contribution in [0, 0.1) is 11.3 Å². The van der Waals surface area contributed by atoms with Crippen molar-refractivity contribution in [2.45, 2.75) is 6.43 Å². The number of rotatable bonds is 1. The molecule has 0 aliphatic heterocycles. The minimum Gasteiger partial charge on any atom is -0.398 e. The summed E-state index contributed by atoms with van der Waals surface area (Å²) < 4.78 is 24.5. The average Bonchev–Trinajstić information content (AvgIpc) is 2.07. The number of nitrogens with two attached hydrogens (primary N) is 2. The van der Waals surface area contributed by atoms with Crippen LogP contribution in [0.4, 0.5) is 20.2 Å². The van der Waals surface area contributed by atoms with E-state index in [0.717, 1.165) is 12.1 Å². The van der Waals surface area contributed by atoms with Gasteiger partial charge in [-0.1, -0.05) is 0 Å². The van der Waals surface area contributed by atoms with Gasteiger partial charge in [-0.3, -0.25) is 0 Å². The van der Waals surface area contributed by atoms with E-state index in [2.05, 4.69) is 0 Å². The molecule has 4 N–H and O–H groups in total. The van der Waals surface area contributed by atoms with E-state index in [1.807, 2.05) is 0 Å². The van der Waals surface area contributed by atoms with Crippen LogP contribution in [-0.2, 0) is 0 Å². The average molecular weight is 183 g/mol. The van der Waals surface area contributed by atoms with Gasteiger partial charge >= 0.3 is 0 Å². The minimum atomic E-state index is -2.67. The van der Waals surface area contributed by atoms with E-state index in [0.29, 0.717) is 0 Å². The largest absolute Gasteiger partial charge is 0.398 e. The first-order chi connectivity index (χ1) is 6.06. The molecule has 0 spiro atoms. The normalized spacial score (nSPS) is 10.0. The van der Waals surface area contributed by atoms with Gasteiger partial charge in [-0.15, -0.1) is 0 Å². The zero-order chi connectivity index (χ0) is 10.0. The van der Waals surface area contributed by atoms with Gasteiger partial charge < -0.3 is 11.5 Å². The highest BCUT2D eigenvalue weighted by atomic mass is 19.3. The maximum absolute atomic E-state index is 12.2. The summed E-state index contributed by atoms with van der Waals surface area (Å²) in [5.74, 6) is 0. The fourth-order valence-corrected chi connectivity index (χ4v) is 0.937. The molecule has 0 aliphatic carbocycles. The first-order valence-electron chi connectivity index (χ1n) is 3.43. The molecule has 0 fully saturated rings. The third-order valence-electron chi connectivity index (χ3n) is 1.61. The van der Waals surface area contributed by atoms with Crippen LogP contribution in [0.3, 0.4) is 0 Å². The summed E-state index contributed by atoms with van der Waals surface area (Å²) in [6.45, 7) is 0. The van der Waals surface area contributed by atoms with Crippen molar-refractivity contribution in [3.05, 3.63) is 23.3 Å². The molecular formula is C8H7F2N3. The van der Waals surface area contributed by atoms with Crippen molar-refractivity contribution in [3.63, 3.8) is 0 Å². The molecule has 0 heterocycles. The van der Waals surface area contributed by atoms with Crippen LogP contribution < -0.4 is 11.5 Å². The molecule has 0 bridgehead atoms. The Morgan fingerprint density at radius 3 is 2.31 bits per heavy atom. The Morgan fingerprint density at radius 1 is 1.23 bits per heavy atom. The quantitative estimate of drug-likeness (QED) is 0.650. The van der Waals surface area contributed by atoms with Crippen LogP contribution in [0.15, 0.2) is 12.1 Å². The maximum Gasteiger partial charge on any atom is 0.265 e.